The van der Waals surface area contributed by atoms with Gasteiger partial charge in [-0.3, -0.25) is 24.0 Å². The molecular weight excluding hydrogens is 691 g/mol. The number of benzene rings is 1. The van der Waals surface area contributed by atoms with E-state index in [0.717, 1.165) is 37.9 Å². The molecule has 0 radical (unpaired) electrons. The molecule has 1 spiro atoms. The first-order valence-electron chi connectivity index (χ1n) is 17.1. The maximum Gasteiger partial charge on any atom is 0.277 e. The molecule has 5 aromatic rings. The van der Waals surface area contributed by atoms with E-state index in [1.807, 2.05) is 36.4 Å². The minimum absolute atomic E-state index is 0.0913. The van der Waals surface area contributed by atoms with Gasteiger partial charge in [0.05, 0.1) is 41.2 Å². The first kappa shape index (κ1) is 33.8. The molecule has 0 bridgehead atoms. The molecule has 8 rings (SSSR count). The average Bonchev–Trinajstić information content (AvgIpc) is 3.71. The van der Waals surface area contributed by atoms with Crippen LogP contribution in [0.2, 0.25) is 10.0 Å². The summed E-state index contributed by atoms with van der Waals surface area (Å²) in [6.45, 7) is 3.56. The number of amides is 1. The molecule has 51 heavy (non-hydrogen) atoms. The molecular formula is C37H38Cl2N8O4. The van der Waals surface area contributed by atoms with Crippen molar-refractivity contribution in [3.8, 4) is 39.5 Å². The number of aromatic nitrogens is 5. The van der Waals surface area contributed by atoms with Gasteiger partial charge >= 0.3 is 0 Å². The van der Waals surface area contributed by atoms with E-state index in [0.29, 0.717) is 87.0 Å². The van der Waals surface area contributed by atoms with Gasteiger partial charge in [0.15, 0.2) is 0 Å². The van der Waals surface area contributed by atoms with Crippen molar-refractivity contribution in [2.75, 3.05) is 26.7 Å². The maximum absolute atomic E-state index is 13.4. The number of carbonyl (C=O) groups is 1. The summed E-state index contributed by atoms with van der Waals surface area (Å²) in [5, 5.41) is 21.8. The topological polar surface area (TPSA) is 139 Å². The Hall–Kier alpha value is -4.33. The van der Waals surface area contributed by atoms with Crippen LogP contribution in [0.25, 0.3) is 39.2 Å². The van der Waals surface area contributed by atoms with Crippen molar-refractivity contribution in [1.29, 1.82) is 0 Å². The number of likely N-dealkylation sites (tertiary alicyclic amines) is 1. The fourth-order valence-electron chi connectivity index (χ4n) is 7.79. The zero-order chi connectivity index (χ0) is 35.4. The van der Waals surface area contributed by atoms with Crippen LogP contribution in [0, 0.1) is 5.41 Å². The lowest BCUT2D eigenvalue weighted by atomic mass is 9.62. The molecule has 2 aliphatic heterocycles. The molecule has 3 fully saturated rings. The van der Waals surface area contributed by atoms with Gasteiger partial charge in [0, 0.05) is 91.3 Å². The highest BCUT2D eigenvalue weighted by atomic mass is 35.5. The number of hydrogen-bond acceptors (Lipinski definition) is 9. The number of fused-ring (bicyclic) bond motifs is 1. The van der Waals surface area contributed by atoms with Gasteiger partial charge in [-0.15, -0.1) is 0 Å². The minimum Gasteiger partial charge on any atom is -0.481 e. The minimum atomic E-state index is -0.185. The lowest BCUT2D eigenvalue weighted by Gasteiger charge is -2.57. The van der Waals surface area contributed by atoms with Gasteiger partial charge in [-0.2, -0.15) is 5.10 Å². The Morgan fingerprint density at radius 2 is 1.86 bits per heavy atom. The summed E-state index contributed by atoms with van der Waals surface area (Å²) in [5.74, 6) is 1.24. The van der Waals surface area contributed by atoms with Crippen LogP contribution >= 0.6 is 23.2 Å². The first-order chi connectivity index (χ1) is 24.6. The monoisotopic (exact) mass is 728 g/mol. The summed E-state index contributed by atoms with van der Waals surface area (Å²) in [6, 6.07) is 13.3. The Bertz CT molecular complexity index is 2220. The molecule has 12 nitrogen and oxygen atoms in total. The van der Waals surface area contributed by atoms with Crippen LogP contribution in [0.1, 0.15) is 37.1 Å². The molecule has 264 valence electrons. The fourth-order valence-corrected chi connectivity index (χ4v) is 8.43. The summed E-state index contributed by atoms with van der Waals surface area (Å²) < 4.78 is 8.85. The summed E-state index contributed by atoms with van der Waals surface area (Å²) in [5.41, 5.74) is 5.30. The number of hydrogen-bond donors (Lipinski definition) is 3. The Morgan fingerprint density at radius 1 is 1.08 bits per heavy atom. The number of rotatable bonds is 10. The number of pyridine rings is 2. The second-order valence-corrected chi connectivity index (χ2v) is 14.8. The second kappa shape index (κ2) is 13.3. The van der Waals surface area contributed by atoms with E-state index in [1.54, 1.807) is 41.7 Å². The third-order valence-electron chi connectivity index (χ3n) is 10.4. The average molecular weight is 730 g/mol. The van der Waals surface area contributed by atoms with Crippen molar-refractivity contribution >= 4 is 34.6 Å². The van der Waals surface area contributed by atoms with Crippen LogP contribution in [0.5, 0.6) is 5.88 Å². The SMILES string of the molecule is COc1nc(-c2cccc(-c3ccnc(-c4cc5c(=O)n(C)c(CN6CC7(CC(O)C7)C6)nn5c4)c3Cl)c2Cl)ccc1CNC[C@H]1CCC(=O)N1. The molecule has 4 aromatic heterocycles. The predicted molar refractivity (Wildman–Crippen MR) is 195 cm³/mol. The van der Waals surface area contributed by atoms with Crippen LogP contribution in [-0.2, 0) is 24.9 Å². The van der Waals surface area contributed by atoms with Gasteiger partial charge in [0.1, 0.15) is 11.3 Å². The number of halogens is 2. The number of methoxy groups -OCH3 is 1. The Labute approximate surface area is 304 Å². The number of nitrogens with zero attached hydrogens (tertiary/aromatic N) is 6. The van der Waals surface area contributed by atoms with E-state index in [1.165, 1.54) is 0 Å². The third-order valence-corrected chi connectivity index (χ3v) is 11.2. The molecule has 1 atom stereocenters. The van der Waals surface area contributed by atoms with E-state index in [-0.39, 0.29) is 29.0 Å². The van der Waals surface area contributed by atoms with Crippen molar-refractivity contribution in [2.45, 2.75) is 50.9 Å². The molecule has 1 amide bonds. The molecule has 6 heterocycles. The summed E-state index contributed by atoms with van der Waals surface area (Å²) in [6.07, 6.45) is 6.36. The number of aliphatic hydroxyl groups excluding tert-OH is 1. The standard InChI is InChI=1S/C37H38Cl2N8O4/c1-45-30(18-46-19-37(20-46)13-24(48)14-37)44-47-17-22(12-29(47)36(45)50)34-33(39)26(10-11-41-34)25-4-3-5-27(32(25)38)28-8-6-21(35(43-28)51-2)15-40-16-23-7-9-31(49)42-23/h3-6,8,10-12,17,23-24,40,48H,7,9,13-16,18-20H2,1-2H3,(H,42,49)/t23-/m1/s1. The smallest absolute Gasteiger partial charge is 0.277 e. The molecule has 1 aliphatic carbocycles. The summed E-state index contributed by atoms with van der Waals surface area (Å²) in [4.78, 5) is 36.6. The quantitative estimate of drug-likeness (QED) is 0.190. The van der Waals surface area contributed by atoms with Crippen molar-refractivity contribution < 1.29 is 14.6 Å². The Morgan fingerprint density at radius 3 is 2.61 bits per heavy atom. The van der Waals surface area contributed by atoms with Crippen molar-refractivity contribution in [3.63, 3.8) is 0 Å². The van der Waals surface area contributed by atoms with Gasteiger partial charge < -0.3 is 20.5 Å². The molecule has 1 aromatic carbocycles. The zero-order valence-corrected chi connectivity index (χ0v) is 29.8. The molecule has 3 aliphatic rings. The molecule has 1 saturated carbocycles. The number of nitrogens with one attached hydrogen (secondary N) is 2. The van der Waals surface area contributed by atoms with Crippen LogP contribution in [0.4, 0.5) is 0 Å². The largest absolute Gasteiger partial charge is 0.481 e. The highest BCUT2D eigenvalue weighted by Crippen LogP contribution is 2.48. The lowest BCUT2D eigenvalue weighted by molar-refractivity contribution is -0.131. The number of carbonyl (C=O) groups excluding carboxylic acids is 1. The normalized spacial score (nSPS) is 18.6. The van der Waals surface area contributed by atoms with Crippen LogP contribution in [-0.4, -0.2) is 79.0 Å². The van der Waals surface area contributed by atoms with Crippen molar-refractivity contribution in [3.05, 3.63) is 86.6 Å². The highest BCUT2D eigenvalue weighted by Gasteiger charge is 2.51. The van der Waals surface area contributed by atoms with E-state index >= 15 is 0 Å². The Balaban J connectivity index is 1.04. The van der Waals surface area contributed by atoms with E-state index < -0.39 is 0 Å². The molecule has 14 heteroatoms. The number of ether oxygens (including phenoxy) is 1. The summed E-state index contributed by atoms with van der Waals surface area (Å²) >= 11 is 14.2. The second-order valence-electron chi connectivity index (χ2n) is 14.0. The van der Waals surface area contributed by atoms with Crippen molar-refractivity contribution in [1.82, 2.24) is 39.7 Å². The van der Waals surface area contributed by atoms with Gasteiger partial charge in [-0.1, -0.05) is 47.5 Å². The molecule has 0 unspecified atom stereocenters. The third kappa shape index (κ3) is 6.29. The van der Waals surface area contributed by atoms with Gasteiger partial charge in [0.2, 0.25) is 11.8 Å². The first-order valence-corrected chi connectivity index (χ1v) is 17.8. The van der Waals surface area contributed by atoms with Gasteiger partial charge in [-0.25, -0.2) is 9.50 Å². The van der Waals surface area contributed by atoms with E-state index in [4.69, 9.17) is 38.0 Å². The highest BCUT2D eigenvalue weighted by molar-refractivity contribution is 6.39. The lowest BCUT2D eigenvalue weighted by Crippen LogP contribution is -2.63. The molecule has 2 saturated heterocycles. The Kier molecular flexibility index (Phi) is 8.84. The zero-order valence-electron chi connectivity index (χ0n) is 28.3. The fraction of sp³-hybridized carbons (Fsp3) is 0.378. The van der Waals surface area contributed by atoms with Gasteiger partial charge in [-0.05, 0) is 37.5 Å². The van der Waals surface area contributed by atoms with Crippen LogP contribution < -0.4 is 20.9 Å². The van der Waals surface area contributed by atoms with Crippen LogP contribution in [0.3, 0.4) is 0 Å². The van der Waals surface area contributed by atoms with Crippen molar-refractivity contribution in [2.24, 2.45) is 12.5 Å². The van der Waals surface area contributed by atoms with Gasteiger partial charge in [0.25, 0.3) is 5.56 Å². The van der Waals surface area contributed by atoms with E-state index in [2.05, 4.69) is 20.5 Å². The predicted octanol–water partition coefficient (Wildman–Crippen LogP) is 4.46. The maximum atomic E-state index is 13.4. The molecule has 3 N–H and O–H groups in total. The summed E-state index contributed by atoms with van der Waals surface area (Å²) in [7, 11) is 3.33. The van der Waals surface area contributed by atoms with Crippen LogP contribution in [0.15, 0.2) is 59.7 Å². The number of aliphatic hydroxyl groups is 1. The van der Waals surface area contributed by atoms with E-state index in [9.17, 15) is 14.7 Å².